The Labute approximate surface area is 141 Å². The zero-order chi connectivity index (χ0) is 15.5. The second kappa shape index (κ2) is 6.65. The van der Waals surface area contributed by atoms with Gasteiger partial charge in [0, 0.05) is 44.1 Å². The zero-order valence-corrected chi connectivity index (χ0v) is 13.8. The minimum absolute atomic E-state index is 0.450. The van der Waals surface area contributed by atoms with Crippen LogP contribution in [0, 0.1) is 0 Å². The van der Waals surface area contributed by atoms with Crippen molar-refractivity contribution >= 4 is 28.9 Å². The van der Waals surface area contributed by atoms with Gasteiger partial charge in [-0.1, -0.05) is 6.07 Å². The van der Waals surface area contributed by atoms with Crippen molar-refractivity contribution < 1.29 is 4.42 Å². The molecule has 4 heterocycles. The monoisotopic (exact) mass is 346 g/mol. The third-order valence-corrected chi connectivity index (χ3v) is 4.95. The maximum atomic E-state index is 5.66. The number of thiophene rings is 1. The maximum absolute atomic E-state index is 5.66. The normalized spacial score (nSPS) is 15.0. The van der Waals surface area contributed by atoms with E-state index in [0.717, 1.165) is 36.9 Å². The van der Waals surface area contributed by atoms with Gasteiger partial charge in [0.05, 0.1) is 4.88 Å². The summed E-state index contributed by atoms with van der Waals surface area (Å²) in [6.07, 6.45) is 1.77. The number of piperazine rings is 1. The lowest BCUT2D eigenvalue weighted by molar-refractivity contribution is 0.466. The van der Waals surface area contributed by atoms with Crippen molar-refractivity contribution in [1.82, 2.24) is 25.5 Å². The Morgan fingerprint density at radius 1 is 1.22 bits per heavy atom. The van der Waals surface area contributed by atoms with Gasteiger partial charge in [-0.15, -0.1) is 21.5 Å². The van der Waals surface area contributed by atoms with Crippen molar-refractivity contribution in [2.45, 2.75) is 10.4 Å². The SMILES string of the molecule is c1csc(-c2nnc(Sc3nccc(N4CCNCC4)n3)o2)c1. The number of nitrogens with one attached hydrogen (secondary N) is 1. The van der Waals surface area contributed by atoms with Crippen LogP contribution in [0.5, 0.6) is 0 Å². The Balaban J connectivity index is 1.50. The van der Waals surface area contributed by atoms with E-state index >= 15 is 0 Å². The van der Waals surface area contributed by atoms with Gasteiger partial charge in [-0.25, -0.2) is 9.97 Å². The predicted molar refractivity (Wildman–Crippen MR) is 88.8 cm³/mol. The summed E-state index contributed by atoms with van der Waals surface area (Å²) < 4.78 is 5.66. The molecule has 4 rings (SSSR count). The van der Waals surface area contributed by atoms with Gasteiger partial charge in [-0.3, -0.25) is 0 Å². The van der Waals surface area contributed by atoms with Crippen molar-refractivity contribution in [1.29, 1.82) is 0 Å². The molecule has 118 valence electrons. The van der Waals surface area contributed by atoms with Crippen LogP contribution in [0.3, 0.4) is 0 Å². The van der Waals surface area contributed by atoms with Crippen molar-refractivity contribution in [3.8, 4) is 10.8 Å². The molecule has 1 aliphatic heterocycles. The fourth-order valence-electron chi connectivity index (χ4n) is 2.28. The van der Waals surface area contributed by atoms with Gasteiger partial charge in [-0.2, -0.15) is 0 Å². The maximum Gasteiger partial charge on any atom is 0.284 e. The van der Waals surface area contributed by atoms with Crippen molar-refractivity contribution in [2.75, 3.05) is 31.1 Å². The van der Waals surface area contributed by atoms with E-state index in [9.17, 15) is 0 Å². The molecule has 0 spiro atoms. The van der Waals surface area contributed by atoms with Crippen LogP contribution in [0.2, 0.25) is 0 Å². The van der Waals surface area contributed by atoms with Gasteiger partial charge < -0.3 is 14.6 Å². The van der Waals surface area contributed by atoms with E-state index in [4.69, 9.17) is 4.42 Å². The highest BCUT2D eigenvalue weighted by molar-refractivity contribution is 7.98. The fraction of sp³-hybridized carbons (Fsp3) is 0.286. The topological polar surface area (TPSA) is 80.0 Å². The average Bonchev–Trinajstić information content (AvgIpc) is 3.27. The molecule has 0 atom stereocenters. The largest absolute Gasteiger partial charge is 0.410 e. The number of hydrogen-bond acceptors (Lipinski definition) is 9. The number of nitrogens with zero attached hydrogens (tertiary/aromatic N) is 5. The predicted octanol–water partition coefficient (Wildman–Crippen LogP) is 2.15. The molecule has 0 aliphatic carbocycles. The molecule has 0 saturated carbocycles. The second-order valence-corrected chi connectivity index (χ2v) is 6.75. The lowest BCUT2D eigenvalue weighted by Crippen LogP contribution is -2.43. The Bertz CT molecular complexity index is 769. The molecule has 23 heavy (non-hydrogen) atoms. The highest BCUT2D eigenvalue weighted by Crippen LogP contribution is 2.29. The molecular formula is C14H14N6OS2. The van der Waals surface area contributed by atoms with Crippen LogP contribution in [-0.4, -0.2) is 46.3 Å². The fourth-order valence-corrected chi connectivity index (χ4v) is 3.54. The Hall–Kier alpha value is -1.97. The molecule has 1 aliphatic rings. The Morgan fingerprint density at radius 2 is 2.13 bits per heavy atom. The van der Waals surface area contributed by atoms with Crippen molar-refractivity contribution in [3.05, 3.63) is 29.8 Å². The summed E-state index contributed by atoms with van der Waals surface area (Å²) in [5.74, 6) is 1.46. The number of hydrogen-bond donors (Lipinski definition) is 1. The molecule has 1 fully saturated rings. The molecule has 0 amide bonds. The van der Waals surface area contributed by atoms with E-state index in [2.05, 4.69) is 30.4 Å². The minimum atomic E-state index is 0.450. The second-order valence-electron chi connectivity index (χ2n) is 4.89. The standard InChI is InChI=1S/C14H14N6OS2/c1-2-10(22-9-1)12-18-19-14(21-12)23-13-16-4-3-11(17-13)20-7-5-15-6-8-20/h1-4,9,15H,5-8H2. The summed E-state index contributed by atoms with van der Waals surface area (Å²) >= 11 is 2.85. The Kier molecular flexibility index (Phi) is 4.22. The van der Waals surface area contributed by atoms with Crippen LogP contribution in [0.15, 0.2) is 44.6 Å². The van der Waals surface area contributed by atoms with Crippen LogP contribution in [0.25, 0.3) is 10.8 Å². The van der Waals surface area contributed by atoms with Gasteiger partial charge in [0.25, 0.3) is 11.1 Å². The highest BCUT2D eigenvalue weighted by Gasteiger charge is 2.15. The molecule has 0 aromatic carbocycles. The van der Waals surface area contributed by atoms with Crippen LogP contribution in [0.1, 0.15) is 0 Å². The van der Waals surface area contributed by atoms with E-state index in [1.165, 1.54) is 11.8 Å². The first-order valence-electron chi connectivity index (χ1n) is 7.22. The quantitative estimate of drug-likeness (QED) is 0.720. The van der Waals surface area contributed by atoms with E-state index in [0.29, 0.717) is 16.3 Å². The minimum Gasteiger partial charge on any atom is -0.410 e. The summed E-state index contributed by atoms with van der Waals surface area (Å²) in [5, 5.41) is 14.5. The lowest BCUT2D eigenvalue weighted by atomic mass is 10.3. The van der Waals surface area contributed by atoms with Gasteiger partial charge in [-0.05, 0) is 17.5 Å². The molecular weight excluding hydrogens is 332 g/mol. The third kappa shape index (κ3) is 3.36. The van der Waals surface area contributed by atoms with Crippen molar-refractivity contribution in [2.24, 2.45) is 0 Å². The van der Waals surface area contributed by atoms with Crippen LogP contribution < -0.4 is 10.2 Å². The average molecular weight is 346 g/mol. The number of anilines is 1. The molecule has 7 nitrogen and oxygen atoms in total. The summed E-state index contributed by atoms with van der Waals surface area (Å²) in [6.45, 7) is 3.84. The van der Waals surface area contributed by atoms with Gasteiger partial charge in [0.1, 0.15) is 5.82 Å². The van der Waals surface area contributed by atoms with Crippen LogP contribution in [0.4, 0.5) is 5.82 Å². The number of aromatic nitrogens is 4. The van der Waals surface area contributed by atoms with Gasteiger partial charge in [0.2, 0.25) is 0 Å². The highest BCUT2D eigenvalue weighted by atomic mass is 32.2. The Morgan fingerprint density at radius 3 is 2.96 bits per heavy atom. The summed E-state index contributed by atoms with van der Waals surface area (Å²) in [5.41, 5.74) is 0. The van der Waals surface area contributed by atoms with Crippen LogP contribution in [-0.2, 0) is 0 Å². The molecule has 0 unspecified atom stereocenters. The molecule has 1 saturated heterocycles. The van der Waals surface area contributed by atoms with E-state index in [-0.39, 0.29) is 0 Å². The molecule has 1 N–H and O–H groups in total. The summed E-state index contributed by atoms with van der Waals surface area (Å²) in [6, 6.07) is 5.84. The molecule has 3 aromatic rings. The first kappa shape index (κ1) is 14.6. The van der Waals surface area contributed by atoms with Crippen molar-refractivity contribution in [3.63, 3.8) is 0 Å². The molecule has 3 aromatic heterocycles. The summed E-state index contributed by atoms with van der Waals surface area (Å²) in [7, 11) is 0. The number of rotatable bonds is 4. The van der Waals surface area contributed by atoms with E-state index in [1.807, 2.05) is 23.6 Å². The first-order chi connectivity index (χ1) is 11.4. The summed E-state index contributed by atoms with van der Waals surface area (Å²) in [4.78, 5) is 12.1. The smallest absolute Gasteiger partial charge is 0.284 e. The lowest BCUT2D eigenvalue weighted by Gasteiger charge is -2.28. The van der Waals surface area contributed by atoms with Gasteiger partial charge in [0.15, 0.2) is 5.16 Å². The molecule has 9 heteroatoms. The molecule has 0 radical (unpaired) electrons. The first-order valence-corrected chi connectivity index (χ1v) is 8.92. The zero-order valence-electron chi connectivity index (χ0n) is 12.2. The third-order valence-electron chi connectivity index (χ3n) is 3.38. The van der Waals surface area contributed by atoms with Crippen LogP contribution >= 0.6 is 23.1 Å². The van der Waals surface area contributed by atoms with E-state index in [1.54, 1.807) is 17.5 Å². The van der Waals surface area contributed by atoms with E-state index < -0.39 is 0 Å². The van der Waals surface area contributed by atoms with Gasteiger partial charge >= 0.3 is 0 Å². The molecule has 0 bridgehead atoms.